The quantitative estimate of drug-likeness (QED) is 0.442. The van der Waals surface area contributed by atoms with Gasteiger partial charge in [-0.05, 0) is 101 Å². The Hall–Kier alpha value is -3.28. The molecule has 6 aliphatic rings. The first-order chi connectivity index (χ1) is 19.1. The summed E-state index contributed by atoms with van der Waals surface area (Å²) in [6.45, 7) is 1.75. The van der Waals surface area contributed by atoms with Gasteiger partial charge in [0.05, 0.1) is 35.7 Å². The lowest BCUT2D eigenvalue weighted by atomic mass is 9.75. The summed E-state index contributed by atoms with van der Waals surface area (Å²) in [6.07, 6.45) is 9.20. The highest BCUT2D eigenvalue weighted by molar-refractivity contribution is 5.98. The van der Waals surface area contributed by atoms with Crippen LogP contribution in [0.2, 0.25) is 0 Å². The van der Waals surface area contributed by atoms with Crippen LogP contribution in [0.15, 0.2) is 12.1 Å². The predicted octanol–water partition coefficient (Wildman–Crippen LogP) is 4.18. The fourth-order valence-electron chi connectivity index (χ4n) is 8.38. The van der Waals surface area contributed by atoms with Gasteiger partial charge in [0.2, 0.25) is 5.91 Å². The highest BCUT2D eigenvalue weighted by Crippen LogP contribution is 2.53. The smallest absolute Gasteiger partial charge is 0.309 e. The van der Waals surface area contributed by atoms with Gasteiger partial charge in [0.15, 0.2) is 0 Å². The Bertz CT molecular complexity index is 1250. The van der Waals surface area contributed by atoms with E-state index in [1.165, 1.54) is 19.6 Å². The van der Waals surface area contributed by atoms with Gasteiger partial charge in [-0.1, -0.05) is 0 Å². The highest BCUT2D eigenvalue weighted by atomic mass is 16.5. The number of aliphatic carboxylic acids is 1. The van der Waals surface area contributed by atoms with Crippen molar-refractivity contribution in [1.82, 2.24) is 10.6 Å². The standard InChI is InChI=1S/C31H39N3O6/c1-30(29(37)38)8-6-21(7-9-30)40-23-13-22(24(39-2)12-20(23)16-32)27(35)33-26-19-4-3-18(11-19)25(26)28(36)34-31-10-5-17(14-31)15-31/h12-13,17-19,21,25-26H,3-11,14-15H2,1-2H3,(H,33,35)(H,34,36)(H,37,38)/t17?,18-,19+,21-,25+,26-,30+,31?/m1/s1. The maximum absolute atomic E-state index is 13.7. The molecule has 0 aromatic heterocycles. The number of nitrogens with one attached hydrogen (secondary N) is 2. The van der Waals surface area contributed by atoms with Crippen LogP contribution in [0.3, 0.4) is 0 Å². The second-order valence-corrected chi connectivity index (χ2v) is 13.3. The van der Waals surface area contributed by atoms with Crippen molar-refractivity contribution in [2.75, 3.05) is 7.11 Å². The molecule has 0 heterocycles. The van der Waals surface area contributed by atoms with Crippen molar-refractivity contribution in [1.29, 1.82) is 5.26 Å². The fourth-order valence-corrected chi connectivity index (χ4v) is 8.38. The number of nitrogens with zero attached hydrogens (tertiary/aromatic N) is 1. The maximum atomic E-state index is 13.7. The van der Waals surface area contributed by atoms with E-state index in [0.717, 1.165) is 44.4 Å². The van der Waals surface area contributed by atoms with Gasteiger partial charge in [-0.25, -0.2) is 0 Å². The number of carbonyl (C=O) groups excluding carboxylic acids is 2. The number of amides is 2. The zero-order valence-corrected chi connectivity index (χ0v) is 23.3. The molecule has 0 saturated heterocycles. The molecule has 9 nitrogen and oxygen atoms in total. The number of rotatable bonds is 8. The molecule has 9 heteroatoms. The zero-order valence-electron chi connectivity index (χ0n) is 23.3. The van der Waals surface area contributed by atoms with Crippen LogP contribution in [0.25, 0.3) is 0 Å². The molecular weight excluding hydrogens is 510 g/mol. The van der Waals surface area contributed by atoms with Crippen LogP contribution in [-0.2, 0) is 9.59 Å². The first-order valence-corrected chi connectivity index (χ1v) is 14.8. The van der Waals surface area contributed by atoms with E-state index in [4.69, 9.17) is 9.47 Å². The number of ether oxygens (including phenoxy) is 2. The molecular formula is C31H39N3O6. The monoisotopic (exact) mass is 549 g/mol. The van der Waals surface area contributed by atoms with Crippen LogP contribution in [0, 0.1) is 40.4 Å². The normalized spacial score (nSPS) is 37.2. The van der Waals surface area contributed by atoms with Gasteiger partial charge in [0.1, 0.15) is 17.6 Å². The lowest BCUT2D eigenvalue weighted by Crippen LogP contribution is -2.57. The van der Waals surface area contributed by atoms with Crippen molar-refractivity contribution < 1.29 is 29.0 Å². The molecule has 4 bridgehead atoms. The molecule has 6 aliphatic carbocycles. The van der Waals surface area contributed by atoms with Gasteiger partial charge in [-0.3, -0.25) is 14.4 Å². The Morgan fingerprint density at radius 1 is 1.02 bits per heavy atom. The summed E-state index contributed by atoms with van der Waals surface area (Å²) in [6, 6.07) is 4.98. The molecule has 1 aromatic carbocycles. The zero-order chi connectivity index (χ0) is 28.2. The van der Waals surface area contributed by atoms with Gasteiger partial charge >= 0.3 is 5.97 Å². The summed E-state index contributed by atoms with van der Waals surface area (Å²) in [5.41, 5.74) is -0.279. The molecule has 214 valence electrons. The van der Waals surface area contributed by atoms with E-state index in [9.17, 15) is 24.8 Å². The Labute approximate surface area is 235 Å². The van der Waals surface area contributed by atoms with Crippen LogP contribution >= 0.6 is 0 Å². The molecule has 1 aromatic rings. The average molecular weight is 550 g/mol. The molecule has 6 fully saturated rings. The number of hydrogen-bond acceptors (Lipinski definition) is 6. The third kappa shape index (κ3) is 4.59. The van der Waals surface area contributed by atoms with Crippen molar-refractivity contribution in [2.45, 2.75) is 95.2 Å². The van der Waals surface area contributed by atoms with Crippen LogP contribution in [0.5, 0.6) is 11.5 Å². The minimum absolute atomic E-state index is 0.0260. The minimum atomic E-state index is -0.806. The lowest BCUT2D eigenvalue weighted by Gasteiger charge is -2.41. The van der Waals surface area contributed by atoms with E-state index in [1.807, 2.05) is 0 Å². The second-order valence-electron chi connectivity index (χ2n) is 13.3. The van der Waals surface area contributed by atoms with E-state index < -0.39 is 11.4 Å². The van der Waals surface area contributed by atoms with Crippen molar-refractivity contribution in [3.63, 3.8) is 0 Å². The van der Waals surface area contributed by atoms with E-state index in [1.54, 1.807) is 13.0 Å². The largest absolute Gasteiger partial charge is 0.496 e. The maximum Gasteiger partial charge on any atom is 0.309 e. The molecule has 4 atom stereocenters. The number of carboxylic acids is 1. The molecule has 6 saturated carbocycles. The van der Waals surface area contributed by atoms with Crippen LogP contribution in [0.4, 0.5) is 0 Å². The van der Waals surface area contributed by atoms with Gasteiger partial charge in [0.25, 0.3) is 5.91 Å². The number of nitriles is 1. The van der Waals surface area contributed by atoms with Gasteiger partial charge < -0.3 is 25.2 Å². The summed E-state index contributed by atoms with van der Waals surface area (Å²) < 4.78 is 11.7. The Morgan fingerprint density at radius 3 is 2.38 bits per heavy atom. The van der Waals surface area contributed by atoms with E-state index in [2.05, 4.69) is 16.7 Å². The number of fused-ring (bicyclic) bond motifs is 3. The molecule has 2 amide bonds. The second kappa shape index (κ2) is 9.97. The van der Waals surface area contributed by atoms with Crippen molar-refractivity contribution >= 4 is 17.8 Å². The highest BCUT2D eigenvalue weighted by Gasteiger charge is 2.56. The van der Waals surface area contributed by atoms with Crippen LogP contribution in [-0.4, -0.2) is 47.7 Å². The topological polar surface area (TPSA) is 138 Å². The van der Waals surface area contributed by atoms with Crippen molar-refractivity contribution in [2.24, 2.45) is 29.1 Å². The molecule has 0 spiro atoms. The minimum Gasteiger partial charge on any atom is -0.496 e. The van der Waals surface area contributed by atoms with Crippen LogP contribution in [0.1, 0.15) is 93.5 Å². The van der Waals surface area contributed by atoms with E-state index >= 15 is 0 Å². The number of carbonyl (C=O) groups is 3. The third-order valence-electron chi connectivity index (χ3n) is 10.8. The Kier molecular flexibility index (Phi) is 6.71. The van der Waals surface area contributed by atoms with Gasteiger partial charge in [0, 0.05) is 17.6 Å². The van der Waals surface area contributed by atoms with E-state index in [0.29, 0.717) is 31.4 Å². The van der Waals surface area contributed by atoms with Gasteiger partial charge in [-0.2, -0.15) is 5.26 Å². The number of benzene rings is 1. The number of methoxy groups -OCH3 is 1. The first kappa shape index (κ1) is 26.9. The SMILES string of the molecule is COc1cc(C#N)c(O[C@H]2CC[C@@](C)(C(=O)O)CC2)cc1C(=O)N[C@@H]1[C@H]2CC[C@H](C2)[C@@H]1C(=O)NC12CCC(C1)C2. The van der Waals surface area contributed by atoms with Crippen molar-refractivity contribution in [3.8, 4) is 17.6 Å². The average Bonchev–Trinajstić information content (AvgIpc) is 3.71. The number of carboxylic acid groups (broad SMARTS) is 1. The molecule has 40 heavy (non-hydrogen) atoms. The molecule has 0 aliphatic heterocycles. The summed E-state index contributed by atoms with van der Waals surface area (Å²) in [7, 11) is 1.46. The Balaban J connectivity index is 1.19. The third-order valence-corrected chi connectivity index (χ3v) is 10.8. The van der Waals surface area contributed by atoms with Crippen molar-refractivity contribution in [3.05, 3.63) is 23.3 Å². The molecule has 7 rings (SSSR count). The van der Waals surface area contributed by atoms with E-state index in [-0.39, 0.29) is 64.1 Å². The predicted molar refractivity (Wildman–Crippen MR) is 145 cm³/mol. The summed E-state index contributed by atoms with van der Waals surface area (Å²) in [5, 5.41) is 25.9. The fraction of sp³-hybridized carbons (Fsp3) is 0.677. The molecule has 0 radical (unpaired) electrons. The molecule has 3 N–H and O–H groups in total. The van der Waals surface area contributed by atoms with Crippen LogP contribution < -0.4 is 20.1 Å². The molecule has 0 unspecified atom stereocenters. The lowest BCUT2D eigenvalue weighted by molar-refractivity contribution is -0.150. The summed E-state index contributed by atoms with van der Waals surface area (Å²) in [5.74, 6) is 0.580. The summed E-state index contributed by atoms with van der Waals surface area (Å²) >= 11 is 0. The first-order valence-electron chi connectivity index (χ1n) is 14.8. The van der Waals surface area contributed by atoms with Gasteiger partial charge in [-0.15, -0.1) is 0 Å². The summed E-state index contributed by atoms with van der Waals surface area (Å²) in [4.78, 5) is 38.9. The Morgan fingerprint density at radius 2 is 1.75 bits per heavy atom. The number of hydrogen-bond donors (Lipinski definition) is 3.